The van der Waals surface area contributed by atoms with Gasteiger partial charge in [0, 0.05) is 24.0 Å². The van der Waals surface area contributed by atoms with Gasteiger partial charge in [-0.15, -0.1) is 0 Å². The second kappa shape index (κ2) is 12.7. The smallest absolute Gasteiger partial charge is 0.333 e. The molecule has 8 heteroatoms. The van der Waals surface area contributed by atoms with Crippen LogP contribution in [0.1, 0.15) is 47.0 Å². The van der Waals surface area contributed by atoms with Crippen molar-refractivity contribution >= 4 is 23.9 Å². The third-order valence-corrected chi connectivity index (χ3v) is 3.03. The van der Waals surface area contributed by atoms with E-state index in [9.17, 15) is 19.2 Å². The first-order valence-corrected chi connectivity index (χ1v) is 8.57. The predicted octanol–water partition coefficient (Wildman–Crippen LogP) is 2.26. The molecule has 0 aliphatic rings. The zero-order valence-electron chi connectivity index (χ0n) is 16.4. The van der Waals surface area contributed by atoms with Crippen molar-refractivity contribution in [2.75, 3.05) is 13.2 Å². The van der Waals surface area contributed by atoms with E-state index in [2.05, 4.69) is 13.2 Å². The maximum absolute atomic E-state index is 11.6. The van der Waals surface area contributed by atoms with Crippen LogP contribution in [0.15, 0.2) is 24.3 Å². The first-order chi connectivity index (χ1) is 12.5. The van der Waals surface area contributed by atoms with E-state index in [1.165, 1.54) is 13.8 Å². The molecule has 0 radical (unpaired) electrons. The zero-order chi connectivity index (χ0) is 21.0. The van der Waals surface area contributed by atoms with Crippen LogP contribution < -0.4 is 0 Å². The molecule has 0 rings (SSSR count). The molecule has 0 aliphatic carbocycles. The Hall–Kier alpha value is -2.64. The molecule has 0 aromatic heterocycles. The summed E-state index contributed by atoms with van der Waals surface area (Å²) in [4.78, 5) is 45.8. The molecule has 0 N–H and O–H groups in total. The van der Waals surface area contributed by atoms with Gasteiger partial charge < -0.3 is 18.9 Å². The maximum Gasteiger partial charge on any atom is 0.333 e. The van der Waals surface area contributed by atoms with Crippen molar-refractivity contribution in [1.29, 1.82) is 0 Å². The first-order valence-electron chi connectivity index (χ1n) is 8.57. The van der Waals surface area contributed by atoms with Crippen molar-refractivity contribution in [3.05, 3.63) is 24.3 Å². The largest absolute Gasteiger partial charge is 0.462 e. The van der Waals surface area contributed by atoms with E-state index in [1.54, 1.807) is 13.8 Å². The van der Waals surface area contributed by atoms with Gasteiger partial charge in [-0.05, 0) is 34.1 Å². The van der Waals surface area contributed by atoms with Crippen LogP contribution in [-0.4, -0.2) is 49.3 Å². The van der Waals surface area contributed by atoms with Crippen LogP contribution in [0.25, 0.3) is 0 Å². The highest BCUT2D eigenvalue weighted by Crippen LogP contribution is 2.04. The van der Waals surface area contributed by atoms with Gasteiger partial charge >= 0.3 is 23.9 Å². The van der Waals surface area contributed by atoms with E-state index in [4.69, 9.17) is 18.9 Å². The second-order valence-corrected chi connectivity index (χ2v) is 6.21. The van der Waals surface area contributed by atoms with Crippen LogP contribution in [0.2, 0.25) is 0 Å². The van der Waals surface area contributed by atoms with E-state index in [1.807, 2.05) is 0 Å². The Morgan fingerprint density at radius 3 is 1.37 bits per heavy atom. The van der Waals surface area contributed by atoms with Crippen molar-refractivity contribution in [2.24, 2.45) is 0 Å². The van der Waals surface area contributed by atoms with Crippen LogP contribution in [-0.2, 0) is 38.1 Å². The Bertz CT molecular complexity index is 528. The molecule has 152 valence electrons. The Balaban J connectivity index is 3.89. The van der Waals surface area contributed by atoms with Crippen LogP contribution in [0.4, 0.5) is 0 Å². The Morgan fingerprint density at radius 2 is 1.07 bits per heavy atom. The topological polar surface area (TPSA) is 105 Å². The normalized spacial score (nSPS) is 12.3. The van der Waals surface area contributed by atoms with Gasteiger partial charge in [-0.1, -0.05) is 13.2 Å². The molecule has 0 saturated carbocycles. The summed E-state index contributed by atoms with van der Waals surface area (Å²) in [6.07, 6.45) is -0.886. The Morgan fingerprint density at radius 1 is 0.741 bits per heavy atom. The number of carbonyl (C=O) groups is 4. The lowest BCUT2D eigenvalue weighted by molar-refractivity contribution is -0.156. The Kier molecular flexibility index (Phi) is 11.4. The van der Waals surface area contributed by atoms with Crippen LogP contribution in [0.3, 0.4) is 0 Å². The van der Waals surface area contributed by atoms with Crippen molar-refractivity contribution in [3.63, 3.8) is 0 Å². The van der Waals surface area contributed by atoms with Crippen LogP contribution in [0, 0.1) is 0 Å². The molecule has 27 heavy (non-hydrogen) atoms. The number of hydrogen-bond donors (Lipinski definition) is 0. The monoisotopic (exact) mass is 384 g/mol. The molecule has 2 atom stereocenters. The highest BCUT2D eigenvalue weighted by molar-refractivity contribution is 5.87. The number of carbonyl (C=O) groups excluding carboxylic acids is 4. The fraction of sp³-hybridized carbons (Fsp3) is 0.579. The molecule has 0 aromatic rings. The van der Waals surface area contributed by atoms with Gasteiger partial charge in [-0.25, -0.2) is 9.59 Å². The third-order valence-electron chi connectivity index (χ3n) is 3.03. The minimum absolute atomic E-state index is 0.0243. The fourth-order valence-corrected chi connectivity index (χ4v) is 1.58. The molecular formula is C19H28O8. The molecule has 0 amide bonds. The lowest BCUT2D eigenvalue weighted by Crippen LogP contribution is -2.23. The standard InChI is InChI=1S/C19H28O8/c1-12(2)18(22)26-14(5)10-24-16(20)8-7-9-17(21)25-11-15(6)27-19(23)13(3)4/h14-15H,1,3,7-11H2,2,4-6H3. The van der Waals surface area contributed by atoms with E-state index < -0.39 is 36.1 Å². The summed E-state index contributed by atoms with van der Waals surface area (Å²) in [5.74, 6) is -2.12. The van der Waals surface area contributed by atoms with Crippen molar-refractivity contribution in [3.8, 4) is 0 Å². The summed E-state index contributed by atoms with van der Waals surface area (Å²) in [7, 11) is 0. The summed E-state index contributed by atoms with van der Waals surface area (Å²) in [6, 6.07) is 0. The van der Waals surface area contributed by atoms with E-state index in [0.29, 0.717) is 0 Å². The zero-order valence-corrected chi connectivity index (χ0v) is 16.4. The quantitative estimate of drug-likeness (QED) is 0.287. The summed E-state index contributed by atoms with van der Waals surface area (Å²) >= 11 is 0. The van der Waals surface area contributed by atoms with Crippen molar-refractivity contribution < 1.29 is 38.1 Å². The molecule has 0 heterocycles. The summed E-state index contributed by atoms with van der Waals surface area (Å²) in [5, 5.41) is 0. The molecule has 2 unspecified atom stereocenters. The third kappa shape index (κ3) is 12.4. The van der Waals surface area contributed by atoms with Crippen molar-refractivity contribution in [2.45, 2.75) is 59.2 Å². The molecule has 0 aliphatic heterocycles. The van der Waals surface area contributed by atoms with Crippen LogP contribution in [0.5, 0.6) is 0 Å². The van der Waals surface area contributed by atoms with Gasteiger partial charge in [0.05, 0.1) is 0 Å². The molecule has 0 saturated heterocycles. The second-order valence-electron chi connectivity index (χ2n) is 6.21. The number of ether oxygens (including phenoxy) is 4. The lowest BCUT2D eigenvalue weighted by atomic mass is 10.2. The van der Waals surface area contributed by atoms with Gasteiger partial charge in [-0.2, -0.15) is 0 Å². The van der Waals surface area contributed by atoms with Gasteiger partial charge in [-0.3, -0.25) is 9.59 Å². The molecule has 0 spiro atoms. The predicted molar refractivity (Wildman–Crippen MR) is 96.5 cm³/mol. The summed E-state index contributed by atoms with van der Waals surface area (Å²) in [6.45, 7) is 13.0. The van der Waals surface area contributed by atoms with Crippen LogP contribution >= 0.6 is 0 Å². The number of rotatable bonds is 12. The number of esters is 4. The van der Waals surface area contributed by atoms with Gasteiger partial charge in [0.25, 0.3) is 0 Å². The average molecular weight is 384 g/mol. The minimum Gasteiger partial charge on any atom is -0.462 e. The van der Waals surface area contributed by atoms with Gasteiger partial charge in [0.15, 0.2) is 0 Å². The maximum atomic E-state index is 11.6. The first kappa shape index (κ1) is 24.4. The summed E-state index contributed by atoms with van der Waals surface area (Å²) < 4.78 is 19.9. The highest BCUT2D eigenvalue weighted by atomic mass is 16.6. The Labute approximate surface area is 159 Å². The van der Waals surface area contributed by atoms with Gasteiger partial charge in [0.1, 0.15) is 25.4 Å². The van der Waals surface area contributed by atoms with E-state index in [0.717, 1.165) is 0 Å². The van der Waals surface area contributed by atoms with E-state index in [-0.39, 0.29) is 43.6 Å². The molecule has 0 aromatic carbocycles. The van der Waals surface area contributed by atoms with Gasteiger partial charge in [0.2, 0.25) is 0 Å². The highest BCUT2D eigenvalue weighted by Gasteiger charge is 2.15. The molecule has 0 bridgehead atoms. The number of hydrogen-bond acceptors (Lipinski definition) is 8. The fourth-order valence-electron chi connectivity index (χ4n) is 1.58. The lowest BCUT2D eigenvalue weighted by Gasteiger charge is -2.14. The summed E-state index contributed by atoms with van der Waals surface area (Å²) in [5.41, 5.74) is 0.519. The van der Waals surface area contributed by atoms with Crippen molar-refractivity contribution in [1.82, 2.24) is 0 Å². The average Bonchev–Trinajstić information content (AvgIpc) is 2.57. The molecular weight excluding hydrogens is 356 g/mol. The molecule has 0 fully saturated rings. The minimum atomic E-state index is -0.591. The van der Waals surface area contributed by atoms with E-state index >= 15 is 0 Å². The molecule has 8 nitrogen and oxygen atoms in total. The SMILES string of the molecule is C=C(C)C(=O)OC(C)COC(=O)CCCC(=O)OCC(C)OC(=O)C(=C)C.